The summed E-state index contributed by atoms with van der Waals surface area (Å²) < 4.78 is 13.1. The van der Waals surface area contributed by atoms with E-state index in [2.05, 4.69) is 46.5 Å². The van der Waals surface area contributed by atoms with Gasteiger partial charge in [-0.2, -0.15) is 0 Å². The van der Waals surface area contributed by atoms with E-state index >= 15 is 0 Å². The van der Waals surface area contributed by atoms with Gasteiger partial charge in [-0.25, -0.2) is 9.40 Å². The first-order chi connectivity index (χ1) is 13.2. The van der Waals surface area contributed by atoms with Crippen molar-refractivity contribution in [2.75, 3.05) is 18.0 Å². The molecule has 27 heavy (non-hydrogen) atoms. The Kier molecular flexibility index (Phi) is 5.12. The number of anilines is 1. The molecule has 1 N–H and O–H groups in total. The summed E-state index contributed by atoms with van der Waals surface area (Å²) in [4.78, 5) is 15.1. The summed E-state index contributed by atoms with van der Waals surface area (Å²) >= 11 is 0. The monoisotopic (exact) mass is 367 g/mol. The second kappa shape index (κ2) is 7.69. The van der Waals surface area contributed by atoms with Crippen LogP contribution in [0.5, 0.6) is 0 Å². The number of hydrogen-bond acceptors (Lipinski definition) is 3. The lowest BCUT2D eigenvalue weighted by atomic mass is 9.95. The fourth-order valence-electron chi connectivity index (χ4n) is 4.39. The van der Waals surface area contributed by atoms with E-state index < -0.39 is 0 Å². The van der Waals surface area contributed by atoms with E-state index in [-0.39, 0.29) is 11.7 Å². The fourth-order valence-corrected chi connectivity index (χ4v) is 4.39. The van der Waals surface area contributed by atoms with Gasteiger partial charge in [-0.15, -0.1) is 0 Å². The number of nitrogens with zero attached hydrogens (tertiary/aromatic N) is 2. The fraction of sp³-hybridized carbons (Fsp3) is 0.409. The lowest BCUT2D eigenvalue weighted by Gasteiger charge is -2.43. The summed E-state index contributed by atoms with van der Waals surface area (Å²) in [5, 5.41) is 2.07. The first-order valence-electron chi connectivity index (χ1n) is 9.83. The van der Waals surface area contributed by atoms with Crippen molar-refractivity contribution in [1.82, 2.24) is 10.4 Å². The number of nitrogens with one attached hydrogen (secondary N) is 1. The molecule has 0 bridgehead atoms. The zero-order valence-electron chi connectivity index (χ0n) is 15.7. The maximum absolute atomic E-state index is 13.1. The first kappa shape index (κ1) is 18.0. The average molecular weight is 367 g/mol. The molecule has 2 aromatic carbocycles. The summed E-state index contributed by atoms with van der Waals surface area (Å²) in [5.41, 5.74) is 6.35. The highest BCUT2D eigenvalue weighted by Gasteiger charge is 2.34. The molecule has 0 saturated carbocycles. The molecule has 0 aromatic heterocycles. The number of hydrazine groups is 1. The number of para-hydroxylation sites is 1. The topological polar surface area (TPSA) is 35.6 Å². The Labute approximate surface area is 159 Å². The van der Waals surface area contributed by atoms with Crippen molar-refractivity contribution >= 4 is 11.6 Å². The van der Waals surface area contributed by atoms with E-state index in [1.165, 1.54) is 35.5 Å². The van der Waals surface area contributed by atoms with E-state index in [1.807, 2.05) is 0 Å². The minimum atomic E-state index is -0.329. The molecule has 2 atom stereocenters. The first-order valence-corrected chi connectivity index (χ1v) is 9.83. The van der Waals surface area contributed by atoms with Gasteiger partial charge in [-0.05, 0) is 61.6 Å². The SMILES string of the molecule is CCC1CC(N2CCc3ccccc32)CCN1NC(=O)c1ccc(F)cc1. The number of piperidine rings is 1. The van der Waals surface area contributed by atoms with Crippen LogP contribution in [-0.2, 0) is 6.42 Å². The number of benzene rings is 2. The Bertz CT molecular complexity index is 807. The van der Waals surface area contributed by atoms with E-state index in [0.717, 1.165) is 38.8 Å². The van der Waals surface area contributed by atoms with E-state index in [4.69, 9.17) is 0 Å². The molecule has 4 nitrogen and oxygen atoms in total. The number of hydrogen-bond donors (Lipinski definition) is 1. The quantitative estimate of drug-likeness (QED) is 0.893. The van der Waals surface area contributed by atoms with Gasteiger partial charge in [0, 0.05) is 36.4 Å². The number of carbonyl (C=O) groups is 1. The average Bonchev–Trinajstić information content (AvgIpc) is 3.13. The van der Waals surface area contributed by atoms with Crippen molar-refractivity contribution in [2.24, 2.45) is 0 Å². The van der Waals surface area contributed by atoms with E-state index in [9.17, 15) is 9.18 Å². The lowest BCUT2D eigenvalue weighted by molar-refractivity contribution is 0.0521. The molecule has 0 aliphatic carbocycles. The minimum Gasteiger partial charge on any atom is -0.368 e. The van der Waals surface area contributed by atoms with Crippen molar-refractivity contribution in [3.8, 4) is 0 Å². The predicted molar refractivity (Wildman–Crippen MR) is 105 cm³/mol. The largest absolute Gasteiger partial charge is 0.368 e. The Morgan fingerprint density at radius 3 is 2.70 bits per heavy atom. The van der Waals surface area contributed by atoms with Crippen LogP contribution in [0.2, 0.25) is 0 Å². The predicted octanol–water partition coefficient (Wildman–Crippen LogP) is 3.78. The molecule has 2 aromatic rings. The van der Waals surface area contributed by atoms with Crippen LogP contribution >= 0.6 is 0 Å². The van der Waals surface area contributed by atoms with Crippen molar-refractivity contribution in [3.63, 3.8) is 0 Å². The van der Waals surface area contributed by atoms with E-state index in [0.29, 0.717) is 17.6 Å². The third-order valence-electron chi connectivity index (χ3n) is 5.87. The molecule has 1 fully saturated rings. The molecule has 2 unspecified atom stereocenters. The molecule has 2 aliphatic rings. The molecule has 5 heteroatoms. The van der Waals surface area contributed by atoms with E-state index in [1.54, 1.807) is 0 Å². The van der Waals surface area contributed by atoms with Crippen LogP contribution < -0.4 is 10.3 Å². The van der Waals surface area contributed by atoms with Gasteiger partial charge in [0.15, 0.2) is 0 Å². The summed E-state index contributed by atoms with van der Waals surface area (Å²) in [5.74, 6) is -0.497. The number of rotatable bonds is 4. The van der Waals surface area contributed by atoms with Crippen molar-refractivity contribution < 1.29 is 9.18 Å². The summed E-state index contributed by atoms with van der Waals surface area (Å²) in [6.07, 6.45) is 4.16. The molecule has 1 amide bonds. The highest BCUT2D eigenvalue weighted by molar-refractivity contribution is 5.93. The molecule has 142 valence electrons. The van der Waals surface area contributed by atoms with Crippen molar-refractivity contribution in [1.29, 1.82) is 0 Å². The number of halogens is 1. The van der Waals surface area contributed by atoms with Gasteiger partial charge in [0.2, 0.25) is 0 Å². The van der Waals surface area contributed by atoms with Crippen molar-refractivity contribution in [2.45, 2.75) is 44.7 Å². The third-order valence-corrected chi connectivity index (χ3v) is 5.87. The van der Waals surface area contributed by atoms with Gasteiger partial charge in [-0.3, -0.25) is 10.2 Å². The molecule has 0 spiro atoms. The molecule has 0 radical (unpaired) electrons. The molecular formula is C22H26FN3O. The van der Waals surface area contributed by atoms with Gasteiger partial charge in [0.25, 0.3) is 5.91 Å². The second-order valence-electron chi connectivity index (χ2n) is 7.45. The van der Waals surface area contributed by atoms with Gasteiger partial charge < -0.3 is 4.90 Å². The zero-order chi connectivity index (χ0) is 18.8. The van der Waals surface area contributed by atoms with Crippen molar-refractivity contribution in [3.05, 3.63) is 65.5 Å². The number of carbonyl (C=O) groups excluding carboxylic acids is 1. The molecule has 2 heterocycles. The standard InChI is InChI=1S/C22H26FN3O/c1-2-19-15-20(25-13-11-16-5-3-4-6-21(16)25)12-14-26(19)24-22(27)17-7-9-18(23)10-8-17/h3-10,19-20H,2,11-15H2,1H3,(H,24,27). The van der Waals surface area contributed by atoms with Crippen LogP contribution in [0, 0.1) is 5.82 Å². The summed E-state index contributed by atoms with van der Waals surface area (Å²) in [7, 11) is 0. The van der Waals surface area contributed by atoms with Crippen LogP contribution in [0.1, 0.15) is 42.1 Å². The van der Waals surface area contributed by atoms with Gasteiger partial charge in [-0.1, -0.05) is 25.1 Å². The lowest BCUT2D eigenvalue weighted by Crippen LogP contribution is -2.56. The molecule has 2 aliphatic heterocycles. The van der Waals surface area contributed by atoms with Crippen LogP contribution in [0.15, 0.2) is 48.5 Å². The third kappa shape index (κ3) is 3.69. The Balaban J connectivity index is 1.42. The molecule has 4 rings (SSSR count). The summed E-state index contributed by atoms with van der Waals surface area (Å²) in [6.45, 7) is 4.08. The normalized spacial score (nSPS) is 22.5. The molecular weight excluding hydrogens is 341 g/mol. The number of amides is 1. The van der Waals surface area contributed by atoms with Gasteiger partial charge in [0.05, 0.1) is 0 Å². The van der Waals surface area contributed by atoms with Gasteiger partial charge >= 0.3 is 0 Å². The van der Waals surface area contributed by atoms with Crippen LogP contribution in [0.4, 0.5) is 10.1 Å². The zero-order valence-corrected chi connectivity index (χ0v) is 15.7. The maximum atomic E-state index is 13.1. The van der Waals surface area contributed by atoms with Crippen LogP contribution in [0.25, 0.3) is 0 Å². The minimum absolute atomic E-state index is 0.168. The Morgan fingerprint density at radius 2 is 1.93 bits per heavy atom. The smallest absolute Gasteiger partial charge is 0.265 e. The van der Waals surface area contributed by atoms with Crippen LogP contribution in [0.3, 0.4) is 0 Å². The highest BCUT2D eigenvalue weighted by Crippen LogP contribution is 2.33. The number of fused-ring (bicyclic) bond motifs is 1. The maximum Gasteiger partial charge on any atom is 0.265 e. The summed E-state index contributed by atoms with van der Waals surface area (Å²) in [6, 6.07) is 15.2. The van der Waals surface area contributed by atoms with Crippen LogP contribution in [-0.4, -0.2) is 36.1 Å². The second-order valence-corrected chi connectivity index (χ2v) is 7.45. The molecule has 1 saturated heterocycles. The highest BCUT2D eigenvalue weighted by atomic mass is 19.1. The van der Waals surface area contributed by atoms with Gasteiger partial charge in [0.1, 0.15) is 5.82 Å². The Morgan fingerprint density at radius 1 is 1.15 bits per heavy atom. The Hall–Kier alpha value is -2.40.